The molecule has 0 fully saturated rings. The van der Waals surface area contributed by atoms with Crippen molar-refractivity contribution in [3.63, 3.8) is 0 Å². The highest BCUT2D eigenvalue weighted by Crippen LogP contribution is 2.23. The van der Waals surface area contributed by atoms with E-state index in [1.807, 2.05) is 6.08 Å². The van der Waals surface area contributed by atoms with E-state index in [1.54, 1.807) is 0 Å². The second-order valence-corrected chi connectivity index (χ2v) is 4.70. The van der Waals surface area contributed by atoms with Crippen LogP contribution in [0.5, 0.6) is 0 Å². The van der Waals surface area contributed by atoms with Gasteiger partial charge in [-0.25, -0.2) is 0 Å². The molecular formula is C16H26N2. The summed E-state index contributed by atoms with van der Waals surface area (Å²) in [6, 6.07) is 8.85. The number of hydrazine groups is 1. The lowest BCUT2D eigenvalue weighted by Gasteiger charge is -2.19. The Bertz CT molecular complexity index is 347. The average Bonchev–Trinajstić information content (AvgIpc) is 2.43. The Balaban J connectivity index is 2.51. The molecule has 0 aliphatic carbocycles. The summed E-state index contributed by atoms with van der Waals surface area (Å²) in [6.45, 7) is 5.94. The number of rotatable bonds is 9. The Morgan fingerprint density at radius 2 is 2.06 bits per heavy atom. The van der Waals surface area contributed by atoms with Crippen LogP contribution in [0.25, 0.3) is 0 Å². The van der Waals surface area contributed by atoms with Crippen LogP contribution in [-0.2, 0) is 6.42 Å². The minimum Gasteiger partial charge on any atom is -0.271 e. The minimum atomic E-state index is 0.282. The number of aryl methyl sites for hydroxylation is 1. The monoisotopic (exact) mass is 246 g/mol. The molecule has 0 amide bonds. The molecule has 0 aliphatic rings. The van der Waals surface area contributed by atoms with Crippen molar-refractivity contribution < 1.29 is 0 Å². The van der Waals surface area contributed by atoms with Crippen LogP contribution < -0.4 is 11.3 Å². The van der Waals surface area contributed by atoms with Crippen molar-refractivity contribution in [2.45, 2.75) is 51.5 Å². The van der Waals surface area contributed by atoms with Gasteiger partial charge >= 0.3 is 0 Å². The van der Waals surface area contributed by atoms with Crippen LogP contribution in [0.3, 0.4) is 0 Å². The van der Waals surface area contributed by atoms with E-state index in [4.69, 9.17) is 5.84 Å². The largest absolute Gasteiger partial charge is 0.271 e. The lowest BCUT2D eigenvalue weighted by atomic mass is 9.95. The van der Waals surface area contributed by atoms with Crippen molar-refractivity contribution in [1.82, 2.24) is 5.43 Å². The molecule has 100 valence electrons. The summed E-state index contributed by atoms with van der Waals surface area (Å²) < 4.78 is 0. The molecule has 0 spiro atoms. The molecule has 0 heterocycles. The highest BCUT2D eigenvalue weighted by Gasteiger charge is 2.11. The maximum Gasteiger partial charge on any atom is 0.0462 e. The molecule has 0 radical (unpaired) electrons. The molecule has 2 heteroatoms. The summed E-state index contributed by atoms with van der Waals surface area (Å²) in [5.41, 5.74) is 5.71. The summed E-state index contributed by atoms with van der Waals surface area (Å²) in [5.74, 6) is 5.70. The maximum absolute atomic E-state index is 5.70. The summed E-state index contributed by atoms with van der Waals surface area (Å²) in [5, 5.41) is 0. The number of unbranched alkanes of at least 4 members (excludes halogenated alkanes) is 3. The summed E-state index contributed by atoms with van der Waals surface area (Å²) in [7, 11) is 0. The zero-order chi connectivity index (χ0) is 13.2. The van der Waals surface area contributed by atoms with Gasteiger partial charge in [0.25, 0.3) is 0 Å². The highest BCUT2D eigenvalue weighted by molar-refractivity contribution is 5.29. The predicted octanol–water partition coefficient (Wildman–Crippen LogP) is 3.89. The Labute approximate surface area is 111 Å². The fraction of sp³-hybridized carbons (Fsp3) is 0.500. The van der Waals surface area contributed by atoms with Crippen LogP contribution in [0, 0.1) is 0 Å². The number of allylic oxidation sites excluding steroid dienone is 1. The molecule has 2 nitrogen and oxygen atoms in total. The molecule has 1 atom stereocenters. The van der Waals surface area contributed by atoms with Gasteiger partial charge in [0, 0.05) is 6.04 Å². The van der Waals surface area contributed by atoms with Crippen LogP contribution >= 0.6 is 0 Å². The Hall–Kier alpha value is -1.12. The van der Waals surface area contributed by atoms with E-state index in [0.29, 0.717) is 0 Å². The van der Waals surface area contributed by atoms with Gasteiger partial charge in [-0.15, -0.1) is 6.58 Å². The van der Waals surface area contributed by atoms with Gasteiger partial charge in [-0.1, -0.05) is 50.1 Å². The lowest BCUT2D eigenvalue weighted by molar-refractivity contribution is 0.481. The van der Waals surface area contributed by atoms with Gasteiger partial charge in [0.1, 0.15) is 0 Å². The van der Waals surface area contributed by atoms with Gasteiger partial charge in [-0.3, -0.25) is 11.3 Å². The van der Waals surface area contributed by atoms with Crippen molar-refractivity contribution in [2.75, 3.05) is 0 Å². The van der Waals surface area contributed by atoms with Crippen LogP contribution in [0.15, 0.2) is 36.9 Å². The highest BCUT2D eigenvalue weighted by atomic mass is 15.2. The molecule has 0 saturated heterocycles. The molecule has 1 unspecified atom stereocenters. The summed E-state index contributed by atoms with van der Waals surface area (Å²) in [6.07, 6.45) is 8.96. The fourth-order valence-electron chi connectivity index (χ4n) is 2.34. The van der Waals surface area contributed by atoms with Gasteiger partial charge < -0.3 is 0 Å². The molecule has 0 aromatic heterocycles. The van der Waals surface area contributed by atoms with Gasteiger partial charge in [0.15, 0.2) is 0 Å². The molecule has 18 heavy (non-hydrogen) atoms. The first-order valence-corrected chi connectivity index (χ1v) is 6.98. The van der Waals surface area contributed by atoms with Crippen molar-refractivity contribution in [1.29, 1.82) is 0 Å². The van der Waals surface area contributed by atoms with E-state index in [-0.39, 0.29) is 6.04 Å². The SMILES string of the molecule is C=CCCCCCC(NN)c1ccccc1CC. The number of nitrogens with one attached hydrogen (secondary N) is 1. The molecule has 1 aromatic rings. The predicted molar refractivity (Wildman–Crippen MR) is 79.2 cm³/mol. The lowest BCUT2D eigenvalue weighted by Crippen LogP contribution is -2.28. The molecule has 1 aromatic carbocycles. The first kappa shape index (κ1) is 14.9. The fourth-order valence-corrected chi connectivity index (χ4v) is 2.34. The molecule has 0 aliphatic heterocycles. The third-order valence-corrected chi connectivity index (χ3v) is 3.41. The van der Waals surface area contributed by atoms with E-state index < -0.39 is 0 Å². The second kappa shape index (κ2) is 8.90. The first-order chi connectivity index (χ1) is 8.83. The quantitative estimate of drug-likeness (QED) is 0.300. The Kier molecular flexibility index (Phi) is 7.38. The number of benzene rings is 1. The van der Waals surface area contributed by atoms with Crippen LogP contribution in [0.2, 0.25) is 0 Å². The van der Waals surface area contributed by atoms with Crippen molar-refractivity contribution in [3.8, 4) is 0 Å². The van der Waals surface area contributed by atoms with Gasteiger partial charge in [0.2, 0.25) is 0 Å². The van der Waals surface area contributed by atoms with Gasteiger partial charge in [-0.2, -0.15) is 0 Å². The number of hydrogen-bond donors (Lipinski definition) is 2. The molecular weight excluding hydrogens is 220 g/mol. The normalized spacial score (nSPS) is 12.3. The molecule has 0 saturated carbocycles. The standard InChI is InChI=1S/C16H26N2/c1-3-5-6-7-8-13-16(18-17)15-12-10-9-11-14(15)4-2/h3,9-12,16,18H,1,4-8,13,17H2,2H3. The topological polar surface area (TPSA) is 38.0 Å². The van der Waals surface area contributed by atoms with Crippen LogP contribution in [0.1, 0.15) is 56.2 Å². The van der Waals surface area contributed by atoms with Gasteiger partial charge in [-0.05, 0) is 36.8 Å². The third kappa shape index (κ3) is 4.63. The summed E-state index contributed by atoms with van der Waals surface area (Å²) >= 11 is 0. The second-order valence-electron chi connectivity index (χ2n) is 4.70. The smallest absolute Gasteiger partial charge is 0.0462 e. The van der Waals surface area contributed by atoms with Crippen LogP contribution in [-0.4, -0.2) is 0 Å². The molecule has 1 rings (SSSR count). The number of nitrogens with two attached hydrogens (primary N) is 1. The van der Waals surface area contributed by atoms with E-state index >= 15 is 0 Å². The Morgan fingerprint density at radius 3 is 2.72 bits per heavy atom. The van der Waals surface area contributed by atoms with Crippen molar-refractivity contribution >= 4 is 0 Å². The first-order valence-electron chi connectivity index (χ1n) is 6.98. The molecule has 0 bridgehead atoms. The van der Waals surface area contributed by atoms with Gasteiger partial charge in [0.05, 0.1) is 0 Å². The minimum absolute atomic E-state index is 0.282. The molecule has 3 N–H and O–H groups in total. The third-order valence-electron chi connectivity index (χ3n) is 3.41. The van der Waals surface area contributed by atoms with Crippen molar-refractivity contribution in [2.24, 2.45) is 5.84 Å². The van der Waals surface area contributed by atoms with E-state index in [0.717, 1.165) is 19.3 Å². The zero-order valence-corrected chi connectivity index (χ0v) is 11.5. The van der Waals surface area contributed by atoms with E-state index in [9.17, 15) is 0 Å². The average molecular weight is 246 g/mol. The van der Waals surface area contributed by atoms with E-state index in [2.05, 4.69) is 43.2 Å². The summed E-state index contributed by atoms with van der Waals surface area (Å²) in [4.78, 5) is 0. The Morgan fingerprint density at radius 1 is 1.28 bits per heavy atom. The zero-order valence-electron chi connectivity index (χ0n) is 11.5. The maximum atomic E-state index is 5.70. The number of hydrogen-bond acceptors (Lipinski definition) is 2. The van der Waals surface area contributed by atoms with Crippen molar-refractivity contribution in [3.05, 3.63) is 48.0 Å². The van der Waals surface area contributed by atoms with E-state index in [1.165, 1.54) is 30.4 Å². The van der Waals surface area contributed by atoms with Crippen LogP contribution in [0.4, 0.5) is 0 Å².